The van der Waals surface area contributed by atoms with Gasteiger partial charge in [0.15, 0.2) is 0 Å². The van der Waals surface area contributed by atoms with Gasteiger partial charge in [-0.2, -0.15) is 0 Å². The van der Waals surface area contributed by atoms with Crippen molar-refractivity contribution < 1.29 is 24.0 Å². The number of aromatic amines is 1. The van der Waals surface area contributed by atoms with E-state index >= 15 is 0 Å². The van der Waals surface area contributed by atoms with E-state index in [1.807, 2.05) is 0 Å². The Kier molecular flexibility index (Phi) is 6.56. The molecule has 3 heterocycles. The maximum atomic E-state index is 13.4. The molecule has 0 spiro atoms. The van der Waals surface area contributed by atoms with Crippen LogP contribution in [0.3, 0.4) is 0 Å². The Bertz CT molecular complexity index is 851. The van der Waals surface area contributed by atoms with Crippen LogP contribution in [0.4, 0.5) is 4.79 Å². The van der Waals surface area contributed by atoms with E-state index in [0.717, 1.165) is 4.90 Å². The minimum absolute atomic E-state index is 0.123. The number of likely N-dealkylation sites (tertiary alicyclic amines) is 1. The number of aromatic nitrogens is 2. The summed E-state index contributed by atoms with van der Waals surface area (Å²) < 4.78 is 0. The fourth-order valence-electron chi connectivity index (χ4n) is 3.75. The standard InChI is InChI=1S/C19H27N7O5/c1-24(2)18(30)14-5-4-6-26(14)17(29)13(7-11-9-20-10-21-11)22-16(28)12-8-15(27)25(3)19(31)23-12/h9-10,12-14H,4-8H2,1-3H3,(H,20,21)(H,22,28)(H,23,31)/t12-,13+,14+/m0/s1. The van der Waals surface area contributed by atoms with Gasteiger partial charge in [0, 0.05) is 46.0 Å². The van der Waals surface area contributed by atoms with Gasteiger partial charge in [-0.1, -0.05) is 0 Å². The highest BCUT2D eigenvalue weighted by Gasteiger charge is 2.40. The Labute approximate surface area is 179 Å². The van der Waals surface area contributed by atoms with Gasteiger partial charge in [-0.3, -0.25) is 24.1 Å². The van der Waals surface area contributed by atoms with Crippen molar-refractivity contribution in [2.75, 3.05) is 27.7 Å². The van der Waals surface area contributed by atoms with E-state index in [1.54, 1.807) is 20.3 Å². The number of carbonyl (C=O) groups excluding carboxylic acids is 5. The molecule has 0 saturated carbocycles. The minimum Gasteiger partial charge on any atom is -0.348 e. The zero-order chi connectivity index (χ0) is 22.7. The summed E-state index contributed by atoms with van der Waals surface area (Å²) in [6, 6.07) is -3.33. The molecule has 2 aliphatic heterocycles. The number of imidazole rings is 1. The Morgan fingerprint density at radius 1 is 1.32 bits per heavy atom. The van der Waals surface area contributed by atoms with Gasteiger partial charge in [-0.05, 0) is 12.8 Å². The lowest BCUT2D eigenvalue weighted by atomic mass is 10.1. The molecule has 31 heavy (non-hydrogen) atoms. The number of hydrogen-bond acceptors (Lipinski definition) is 6. The van der Waals surface area contributed by atoms with Crippen LogP contribution in [0.15, 0.2) is 12.5 Å². The van der Waals surface area contributed by atoms with Crippen molar-refractivity contribution in [1.82, 2.24) is 35.3 Å². The number of H-pyrrole nitrogens is 1. The molecule has 2 aliphatic rings. The summed E-state index contributed by atoms with van der Waals surface area (Å²) in [6.45, 7) is 0.405. The number of nitrogens with one attached hydrogen (secondary N) is 3. The number of urea groups is 1. The molecular weight excluding hydrogens is 406 g/mol. The first-order valence-electron chi connectivity index (χ1n) is 10.1. The first kappa shape index (κ1) is 22.2. The summed E-state index contributed by atoms with van der Waals surface area (Å²) in [5.74, 6) is -1.70. The van der Waals surface area contributed by atoms with Crippen molar-refractivity contribution in [2.45, 2.75) is 43.8 Å². The minimum atomic E-state index is -1.08. The third-order valence-corrected chi connectivity index (χ3v) is 5.53. The van der Waals surface area contributed by atoms with Crippen molar-refractivity contribution in [3.05, 3.63) is 18.2 Å². The average Bonchev–Trinajstić information content (AvgIpc) is 3.41. The number of likely N-dealkylation sites (N-methyl/N-ethyl adjacent to an activating group) is 1. The Balaban J connectivity index is 1.77. The lowest BCUT2D eigenvalue weighted by Crippen LogP contribution is -2.61. The summed E-state index contributed by atoms with van der Waals surface area (Å²) in [6.07, 6.45) is 4.15. The van der Waals surface area contributed by atoms with Crippen molar-refractivity contribution in [1.29, 1.82) is 0 Å². The molecular formula is C19H27N7O5. The number of hydrogen-bond donors (Lipinski definition) is 3. The normalized spacial score (nSPS) is 22.2. The third kappa shape index (κ3) is 4.84. The highest BCUT2D eigenvalue weighted by Crippen LogP contribution is 2.21. The van der Waals surface area contributed by atoms with Crippen molar-refractivity contribution in [3.8, 4) is 0 Å². The number of nitrogens with zero attached hydrogens (tertiary/aromatic N) is 4. The third-order valence-electron chi connectivity index (χ3n) is 5.53. The zero-order valence-electron chi connectivity index (χ0n) is 17.8. The van der Waals surface area contributed by atoms with Crippen LogP contribution in [0, 0.1) is 0 Å². The zero-order valence-corrected chi connectivity index (χ0v) is 17.8. The first-order chi connectivity index (χ1) is 14.7. The summed E-state index contributed by atoms with van der Waals surface area (Å²) in [5, 5.41) is 5.12. The van der Waals surface area contributed by atoms with E-state index in [0.29, 0.717) is 25.1 Å². The van der Waals surface area contributed by atoms with E-state index < -0.39 is 41.9 Å². The molecule has 1 aromatic rings. The fourth-order valence-corrected chi connectivity index (χ4v) is 3.75. The maximum Gasteiger partial charge on any atom is 0.324 e. The second kappa shape index (κ2) is 9.14. The van der Waals surface area contributed by atoms with Crippen molar-refractivity contribution >= 4 is 29.7 Å². The molecule has 12 nitrogen and oxygen atoms in total. The molecule has 12 heteroatoms. The van der Waals surface area contributed by atoms with E-state index in [4.69, 9.17) is 0 Å². The number of amides is 6. The van der Waals surface area contributed by atoms with Crippen LogP contribution >= 0.6 is 0 Å². The van der Waals surface area contributed by atoms with Gasteiger partial charge in [-0.25, -0.2) is 9.78 Å². The molecule has 6 amide bonds. The monoisotopic (exact) mass is 433 g/mol. The number of imide groups is 1. The Hall–Kier alpha value is -3.44. The molecule has 0 aliphatic carbocycles. The topological polar surface area (TPSA) is 148 Å². The maximum absolute atomic E-state index is 13.4. The SMILES string of the molecule is CN(C)C(=O)[C@H]1CCCN1C(=O)[C@@H](Cc1cnc[nH]1)NC(=O)[C@@H]1CC(=O)N(C)C(=O)N1. The molecule has 168 valence electrons. The van der Waals surface area contributed by atoms with Gasteiger partial charge >= 0.3 is 6.03 Å². The number of rotatable bonds is 6. The van der Waals surface area contributed by atoms with Gasteiger partial charge in [0.2, 0.25) is 23.6 Å². The predicted molar refractivity (Wildman–Crippen MR) is 107 cm³/mol. The molecule has 1 aromatic heterocycles. The summed E-state index contributed by atoms with van der Waals surface area (Å²) >= 11 is 0. The Morgan fingerprint density at radius 3 is 2.68 bits per heavy atom. The van der Waals surface area contributed by atoms with Crippen LogP contribution in [-0.4, -0.2) is 100 Å². The van der Waals surface area contributed by atoms with Crippen molar-refractivity contribution in [3.63, 3.8) is 0 Å². The second-order valence-corrected chi connectivity index (χ2v) is 7.92. The van der Waals surface area contributed by atoms with Crippen LogP contribution in [-0.2, 0) is 25.6 Å². The second-order valence-electron chi connectivity index (χ2n) is 7.92. The van der Waals surface area contributed by atoms with E-state index in [2.05, 4.69) is 20.6 Å². The van der Waals surface area contributed by atoms with Crippen LogP contribution in [0.2, 0.25) is 0 Å². The molecule has 0 unspecified atom stereocenters. The van der Waals surface area contributed by atoms with E-state index in [1.165, 1.54) is 23.2 Å². The largest absolute Gasteiger partial charge is 0.348 e. The average molecular weight is 433 g/mol. The highest BCUT2D eigenvalue weighted by atomic mass is 16.2. The van der Waals surface area contributed by atoms with Gasteiger partial charge in [0.25, 0.3) is 0 Å². The lowest BCUT2D eigenvalue weighted by Gasteiger charge is -2.32. The predicted octanol–water partition coefficient (Wildman–Crippen LogP) is -1.54. The van der Waals surface area contributed by atoms with E-state index in [-0.39, 0.29) is 18.7 Å². The smallest absolute Gasteiger partial charge is 0.324 e. The number of carbonyl (C=O) groups is 5. The van der Waals surface area contributed by atoms with Gasteiger partial charge in [-0.15, -0.1) is 0 Å². The summed E-state index contributed by atoms with van der Waals surface area (Å²) in [5.41, 5.74) is 0.622. The lowest BCUT2D eigenvalue weighted by molar-refractivity contribution is -0.144. The van der Waals surface area contributed by atoms with Gasteiger partial charge in [0.1, 0.15) is 18.1 Å². The fraction of sp³-hybridized carbons (Fsp3) is 0.579. The van der Waals surface area contributed by atoms with Gasteiger partial charge < -0.3 is 25.4 Å². The van der Waals surface area contributed by atoms with Crippen molar-refractivity contribution in [2.24, 2.45) is 0 Å². The quantitative estimate of drug-likeness (QED) is 0.495. The van der Waals surface area contributed by atoms with Crippen LogP contribution < -0.4 is 10.6 Å². The molecule has 3 N–H and O–H groups in total. The van der Waals surface area contributed by atoms with Crippen LogP contribution in [0.25, 0.3) is 0 Å². The van der Waals surface area contributed by atoms with Crippen LogP contribution in [0.1, 0.15) is 25.0 Å². The Morgan fingerprint density at radius 2 is 2.06 bits per heavy atom. The van der Waals surface area contributed by atoms with Gasteiger partial charge in [0.05, 0.1) is 12.7 Å². The summed E-state index contributed by atoms with van der Waals surface area (Å²) in [4.78, 5) is 73.1. The first-order valence-corrected chi connectivity index (χ1v) is 10.1. The molecule has 3 rings (SSSR count). The highest BCUT2D eigenvalue weighted by molar-refractivity contribution is 6.03. The van der Waals surface area contributed by atoms with Crippen LogP contribution in [0.5, 0.6) is 0 Å². The summed E-state index contributed by atoms with van der Waals surface area (Å²) in [7, 11) is 4.59. The molecule has 3 atom stereocenters. The molecule has 0 radical (unpaired) electrons. The molecule has 0 aromatic carbocycles. The molecule has 2 fully saturated rings. The molecule has 2 saturated heterocycles. The molecule has 0 bridgehead atoms. The van der Waals surface area contributed by atoms with E-state index in [9.17, 15) is 24.0 Å².